The number of hydrogen-bond acceptors (Lipinski definition) is 2. The summed E-state index contributed by atoms with van der Waals surface area (Å²) in [5.74, 6) is 0. The van der Waals surface area contributed by atoms with Gasteiger partial charge in [-0.15, -0.1) is 0 Å². The second kappa shape index (κ2) is 6.02. The van der Waals surface area contributed by atoms with Crippen molar-refractivity contribution < 1.29 is 5.11 Å². The maximum absolute atomic E-state index is 10.2. The van der Waals surface area contributed by atoms with E-state index in [4.69, 9.17) is 23.2 Å². The van der Waals surface area contributed by atoms with Gasteiger partial charge in [0.25, 0.3) is 0 Å². The molecule has 1 heterocycles. The minimum Gasteiger partial charge on any atom is -0.388 e. The van der Waals surface area contributed by atoms with Crippen molar-refractivity contribution in [2.24, 2.45) is 0 Å². The number of rotatable bonds is 3. The Labute approximate surface area is 124 Å². The Morgan fingerprint density at radius 1 is 1.22 bits per heavy atom. The number of pyridine rings is 1. The first kappa shape index (κ1) is 13.8. The molecule has 1 aromatic carbocycles. The highest BCUT2D eigenvalue weighted by Crippen LogP contribution is 2.32. The van der Waals surface area contributed by atoms with E-state index >= 15 is 0 Å². The molecule has 0 aliphatic rings. The first-order valence-corrected chi connectivity index (χ1v) is 6.84. The number of aliphatic hydroxyl groups is 1. The first-order valence-electron chi connectivity index (χ1n) is 5.29. The Bertz CT molecular complexity index is 542. The first-order chi connectivity index (χ1) is 8.58. The van der Waals surface area contributed by atoms with E-state index in [1.54, 1.807) is 30.6 Å². The Balaban J connectivity index is 2.25. The lowest BCUT2D eigenvalue weighted by Crippen LogP contribution is -2.03. The van der Waals surface area contributed by atoms with E-state index in [0.29, 0.717) is 22.0 Å². The second-order valence-corrected chi connectivity index (χ2v) is 5.60. The van der Waals surface area contributed by atoms with Crippen LogP contribution in [0, 0.1) is 0 Å². The standard InChI is InChI=1S/C13H10BrCl2NO/c14-9-4-8(6-17-7-9)5-12(18)13-10(15)2-1-3-11(13)16/h1-4,6-7,12,18H,5H2. The summed E-state index contributed by atoms with van der Waals surface area (Å²) >= 11 is 15.4. The molecule has 94 valence electrons. The molecule has 5 heteroatoms. The van der Waals surface area contributed by atoms with Gasteiger partial charge in [0.1, 0.15) is 0 Å². The molecule has 0 fully saturated rings. The number of benzene rings is 1. The van der Waals surface area contributed by atoms with Gasteiger partial charge in [0.05, 0.1) is 6.10 Å². The lowest BCUT2D eigenvalue weighted by atomic mass is 10.0. The van der Waals surface area contributed by atoms with Crippen LogP contribution in [0.5, 0.6) is 0 Å². The average Bonchev–Trinajstić information content (AvgIpc) is 2.28. The highest BCUT2D eigenvalue weighted by atomic mass is 79.9. The summed E-state index contributed by atoms with van der Waals surface area (Å²) in [4.78, 5) is 4.05. The molecule has 0 aliphatic carbocycles. The van der Waals surface area contributed by atoms with Crippen molar-refractivity contribution in [3.8, 4) is 0 Å². The summed E-state index contributed by atoms with van der Waals surface area (Å²) in [5.41, 5.74) is 1.47. The Morgan fingerprint density at radius 3 is 2.50 bits per heavy atom. The zero-order valence-electron chi connectivity index (χ0n) is 9.28. The van der Waals surface area contributed by atoms with Crippen LogP contribution in [-0.2, 0) is 6.42 Å². The summed E-state index contributed by atoms with van der Waals surface area (Å²) in [5, 5.41) is 11.2. The van der Waals surface area contributed by atoms with Crippen LogP contribution in [-0.4, -0.2) is 10.1 Å². The molecular weight excluding hydrogens is 337 g/mol. The van der Waals surface area contributed by atoms with Gasteiger partial charge < -0.3 is 5.11 Å². The number of aromatic nitrogens is 1. The van der Waals surface area contributed by atoms with Crippen molar-refractivity contribution in [2.45, 2.75) is 12.5 Å². The van der Waals surface area contributed by atoms with Crippen LogP contribution in [0.15, 0.2) is 41.1 Å². The summed E-state index contributed by atoms with van der Waals surface area (Å²) in [6, 6.07) is 7.08. The Morgan fingerprint density at radius 2 is 1.89 bits per heavy atom. The molecule has 2 aromatic rings. The predicted octanol–water partition coefficient (Wildman–Crippen LogP) is 4.43. The van der Waals surface area contributed by atoms with E-state index in [0.717, 1.165) is 10.0 Å². The average molecular weight is 347 g/mol. The third kappa shape index (κ3) is 3.23. The summed E-state index contributed by atoms with van der Waals surface area (Å²) in [6.45, 7) is 0. The molecule has 1 unspecified atom stereocenters. The van der Waals surface area contributed by atoms with Gasteiger partial charge in [-0.2, -0.15) is 0 Å². The van der Waals surface area contributed by atoms with E-state index < -0.39 is 6.10 Å². The van der Waals surface area contributed by atoms with Crippen LogP contribution in [0.25, 0.3) is 0 Å². The maximum Gasteiger partial charge on any atom is 0.0859 e. The molecule has 1 aromatic heterocycles. The molecule has 0 aliphatic heterocycles. The van der Waals surface area contributed by atoms with Crippen LogP contribution in [0.1, 0.15) is 17.2 Å². The van der Waals surface area contributed by atoms with Gasteiger partial charge in [0, 0.05) is 38.9 Å². The van der Waals surface area contributed by atoms with Crippen molar-refractivity contribution >= 4 is 39.1 Å². The van der Waals surface area contributed by atoms with Crippen molar-refractivity contribution in [3.63, 3.8) is 0 Å². The van der Waals surface area contributed by atoms with Gasteiger partial charge >= 0.3 is 0 Å². The molecule has 1 N–H and O–H groups in total. The molecule has 0 amide bonds. The lowest BCUT2D eigenvalue weighted by molar-refractivity contribution is 0.178. The van der Waals surface area contributed by atoms with Crippen LogP contribution >= 0.6 is 39.1 Å². The summed E-state index contributed by atoms with van der Waals surface area (Å²) < 4.78 is 0.873. The Hall–Kier alpha value is -0.610. The SMILES string of the molecule is OC(Cc1cncc(Br)c1)c1c(Cl)cccc1Cl. The molecule has 18 heavy (non-hydrogen) atoms. The maximum atomic E-state index is 10.2. The Kier molecular flexibility index (Phi) is 4.62. The molecular formula is C13H10BrCl2NO. The zero-order chi connectivity index (χ0) is 13.1. The highest BCUT2D eigenvalue weighted by Gasteiger charge is 2.16. The largest absolute Gasteiger partial charge is 0.388 e. The van der Waals surface area contributed by atoms with Gasteiger partial charge in [-0.1, -0.05) is 29.3 Å². The van der Waals surface area contributed by atoms with Gasteiger partial charge in [-0.05, 0) is 39.7 Å². The number of aliphatic hydroxyl groups excluding tert-OH is 1. The monoisotopic (exact) mass is 345 g/mol. The number of nitrogens with zero attached hydrogens (tertiary/aromatic N) is 1. The predicted molar refractivity (Wildman–Crippen MR) is 77.1 cm³/mol. The van der Waals surface area contributed by atoms with Crippen molar-refractivity contribution in [1.82, 2.24) is 4.98 Å². The summed E-state index contributed by atoms with van der Waals surface area (Å²) in [6.07, 6.45) is 3.06. The fourth-order valence-corrected chi connectivity index (χ4v) is 2.78. The van der Waals surface area contributed by atoms with Gasteiger partial charge in [0.15, 0.2) is 0 Å². The minimum absolute atomic E-state index is 0.413. The topological polar surface area (TPSA) is 33.1 Å². The molecule has 0 bridgehead atoms. The van der Waals surface area contributed by atoms with Crippen molar-refractivity contribution in [2.75, 3.05) is 0 Å². The van der Waals surface area contributed by atoms with Gasteiger partial charge in [0.2, 0.25) is 0 Å². The van der Waals surface area contributed by atoms with Crippen LogP contribution in [0.4, 0.5) is 0 Å². The van der Waals surface area contributed by atoms with E-state index in [-0.39, 0.29) is 0 Å². The lowest BCUT2D eigenvalue weighted by Gasteiger charge is -2.14. The number of halogens is 3. The number of hydrogen-bond donors (Lipinski definition) is 1. The van der Waals surface area contributed by atoms with Gasteiger partial charge in [-0.25, -0.2) is 0 Å². The van der Waals surface area contributed by atoms with Crippen LogP contribution in [0.3, 0.4) is 0 Å². The molecule has 0 saturated heterocycles. The van der Waals surface area contributed by atoms with Gasteiger partial charge in [-0.3, -0.25) is 4.98 Å². The molecule has 0 radical (unpaired) electrons. The summed E-state index contributed by atoms with van der Waals surface area (Å²) in [7, 11) is 0. The zero-order valence-corrected chi connectivity index (χ0v) is 12.4. The second-order valence-electron chi connectivity index (χ2n) is 3.87. The van der Waals surface area contributed by atoms with E-state index in [1.807, 2.05) is 6.07 Å². The fourth-order valence-electron chi connectivity index (χ4n) is 1.72. The molecule has 2 rings (SSSR count). The molecule has 0 spiro atoms. The van der Waals surface area contributed by atoms with E-state index in [2.05, 4.69) is 20.9 Å². The van der Waals surface area contributed by atoms with E-state index in [1.165, 1.54) is 0 Å². The van der Waals surface area contributed by atoms with Crippen LogP contribution < -0.4 is 0 Å². The normalized spacial score (nSPS) is 12.4. The fraction of sp³-hybridized carbons (Fsp3) is 0.154. The smallest absolute Gasteiger partial charge is 0.0859 e. The third-order valence-electron chi connectivity index (χ3n) is 2.52. The quantitative estimate of drug-likeness (QED) is 0.891. The highest BCUT2D eigenvalue weighted by molar-refractivity contribution is 9.10. The van der Waals surface area contributed by atoms with Crippen molar-refractivity contribution in [1.29, 1.82) is 0 Å². The third-order valence-corrected chi connectivity index (χ3v) is 3.62. The minimum atomic E-state index is -0.748. The molecule has 1 atom stereocenters. The van der Waals surface area contributed by atoms with Crippen molar-refractivity contribution in [3.05, 3.63) is 62.3 Å². The van der Waals surface area contributed by atoms with E-state index in [9.17, 15) is 5.11 Å². The molecule has 2 nitrogen and oxygen atoms in total. The van der Waals surface area contributed by atoms with Crippen LogP contribution in [0.2, 0.25) is 10.0 Å². The molecule has 0 saturated carbocycles.